The van der Waals surface area contributed by atoms with Gasteiger partial charge in [-0.3, -0.25) is 29.4 Å². The highest BCUT2D eigenvalue weighted by Crippen LogP contribution is 2.28. The van der Waals surface area contributed by atoms with Crippen LogP contribution in [0.4, 0.5) is 16.2 Å². The number of amides is 6. The maximum atomic E-state index is 13.2. The summed E-state index contributed by atoms with van der Waals surface area (Å²) < 4.78 is 0.760. The van der Waals surface area contributed by atoms with Gasteiger partial charge in [-0.1, -0.05) is 27.5 Å². The van der Waals surface area contributed by atoms with E-state index >= 15 is 0 Å². The summed E-state index contributed by atoms with van der Waals surface area (Å²) in [4.78, 5) is 65.7. The first-order chi connectivity index (χ1) is 16.1. The number of hydrogen-bond acceptors (Lipinski definition) is 6. The van der Waals surface area contributed by atoms with Crippen molar-refractivity contribution < 1.29 is 24.0 Å². The maximum absolute atomic E-state index is 13.2. The van der Waals surface area contributed by atoms with Crippen LogP contribution >= 0.6 is 39.7 Å². The lowest BCUT2D eigenvalue weighted by molar-refractivity contribution is -0.131. The number of aryl methyl sites for hydroxylation is 1. The zero-order chi connectivity index (χ0) is 24.7. The molecule has 172 valence electrons. The van der Waals surface area contributed by atoms with Crippen LogP contribution in [-0.4, -0.2) is 34.8 Å². The fourth-order valence-corrected chi connectivity index (χ4v) is 4.09. The Morgan fingerprint density at radius 1 is 0.971 bits per heavy atom. The summed E-state index contributed by atoms with van der Waals surface area (Å²) in [5.41, 5.74) is 0.765. The zero-order valence-electron chi connectivity index (χ0n) is 17.3. The number of carbonyl (C=O) groups excluding carboxylic acids is 5. The summed E-state index contributed by atoms with van der Waals surface area (Å²) in [5.74, 6) is -5.12. The van der Waals surface area contributed by atoms with Crippen LogP contribution in [-0.2, 0) is 19.2 Å². The van der Waals surface area contributed by atoms with Crippen molar-refractivity contribution in [2.24, 2.45) is 5.92 Å². The standard InChI is InChI=1S/C22H14BrClN4O5S/c1-10-8-13(6-7-16(10)23)27-19(31)14(17(29)25-21(27)33)9-15-18(30)26-22(34)28(20(15)32)12-4-2-11(24)3-5-12/h2-9,15H,1H3,(H,25,29,33)(H,26,30,34)/b14-9+/t15-/m1/s1. The monoisotopic (exact) mass is 560 g/mol. The third-order valence-corrected chi connectivity index (χ3v) is 6.55. The molecule has 1 atom stereocenters. The lowest BCUT2D eigenvalue weighted by atomic mass is 9.98. The van der Waals surface area contributed by atoms with E-state index in [2.05, 4.69) is 26.6 Å². The highest BCUT2D eigenvalue weighted by molar-refractivity contribution is 9.10. The van der Waals surface area contributed by atoms with E-state index in [4.69, 9.17) is 23.8 Å². The van der Waals surface area contributed by atoms with Gasteiger partial charge in [0.1, 0.15) is 11.5 Å². The molecule has 0 bridgehead atoms. The van der Waals surface area contributed by atoms with Crippen molar-refractivity contribution in [1.82, 2.24) is 10.6 Å². The normalized spacial score (nSPS) is 20.1. The van der Waals surface area contributed by atoms with Crippen LogP contribution in [0.1, 0.15) is 5.56 Å². The molecular weight excluding hydrogens is 548 g/mol. The number of nitrogens with one attached hydrogen (secondary N) is 2. The molecule has 34 heavy (non-hydrogen) atoms. The van der Waals surface area contributed by atoms with E-state index in [1.54, 1.807) is 31.2 Å². The van der Waals surface area contributed by atoms with Gasteiger partial charge in [0, 0.05) is 9.50 Å². The number of imide groups is 2. The summed E-state index contributed by atoms with van der Waals surface area (Å²) >= 11 is 14.4. The fraction of sp³-hybridized carbons (Fsp3) is 0.0909. The maximum Gasteiger partial charge on any atom is 0.335 e. The van der Waals surface area contributed by atoms with Crippen molar-refractivity contribution in [2.45, 2.75) is 6.92 Å². The number of thiocarbonyl (C=S) groups is 1. The summed E-state index contributed by atoms with van der Waals surface area (Å²) in [6, 6.07) is 9.93. The average Bonchev–Trinajstić information content (AvgIpc) is 2.76. The Balaban J connectivity index is 1.71. The molecule has 2 heterocycles. The number of carbonyl (C=O) groups is 5. The van der Waals surface area contributed by atoms with Crippen LogP contribution in [0.3, 0.4) is 0 Å². The molecule has 9 nitrogen and oxygen atoms in total. The molecule has 12 heteroatoms. The molecule has 2 aliphatic rings. The SMILES string of the molecule is Cc1cc(N2C(=O)NC(=O)/C(=C\[C@@H]3C(=O)NC(=S)N(c4ccc(Cl)cc4)C3=O)C2=O)ccc1Br. The largest absolute Gasteiger partial charge is 0.335 e. The van der Waals surface area contributed by atoms with Crippen molar-refractivity contribution >= 4 is 85.9 Å². The Kier molecular flexibility index (Phi) is 6.34. The number of barbiturate groups is 1. The Morgan fingerprint density at radius 2 is 1.62 bits per heavy atom. The van der Waals surface area contributed by atoms with Gasteiger partial charge in [-0.15, -0.1) is 0 Å². The predicted octanol–water partition coefficient (Wildman–Crippen LogP) is 2.98. The molecule has 4 rings (SSSR count). The van der Waals surface area contributed by atoms with Crippen molar-refractivity contribution in [3.8, 4) is 0 Å². The highest BCUT2D eigenvalue weighted by Gasteiger charge is 2.42. The van der Waals surface area contributed by atoms with Crippen LogP contribution in [0.25, 0.3) is 0 Å². The molecular formula is C22H14BrClN4O5S. The summed E-state index contributed by atoms with van der Waals surface area (Å²) in [5, 5.41) is 4.74. The lowest BCUT2D eigenvalue weighted by Crippen LogP contribution is -2.58. The molecule has 0 aromatic heterocycles. The first kappa shape index (κ1) is 23.7. The van der Waals surface area contributed by atoms with Crippen LogP contribution in [0.5, 0.6) is 0 Å². The van der Waals surface area contributed by atoms with Crippen LogP contribution in [0.2, 0.25) is 5.02 Å². The lowest BCUT2D eigenvalue weighted by Gasteiger charge is -2.32. The highest BCUT2D eigenvalue weighted by atomic mass is 79.9. The number of halogens is 2. The molecule has 2 aromatic carbocycles. The minimum absolute atomic E-state index is 0.159. The minimum Gasteiger partial charge on any atom is -0.301 e. The van der Waals surface area contributed by atoms with Gasteiger partial charge >= 0.3 is 6.03 Å². The quantitative estimate of drug-likeness (QED) is 0.258. The summed E-state index contributed by atoms with van der Waals surface area (Å²) in [7, 11) is 0. The first-order valence-electron chi connectivity index (χ1n) is 9.70. The third kappa shape index (κ3) is 4.25. The van der Waals surface area contributed by atoms with E-state index in [9.17, 15) is 24.0 Å². The van der Waals surface area contributed by atoms with Crippen molar-refractivity contribution in [3.63, 3.8) is 0 Å². The molecule has 0 saturated carbocycles. The molecule has 2 aromatic rings. The number of hydrogen-bond donors (Lipinski definition) is 2. The van der Waals surface area contributed by atoms with E-state index < -0.39 is 41.2 Å². The molecule has 0 radical (unpaired) electrons. The molecule has 0 unspecified atom stereocenters. The Morgan fingerprint density at radius 3 is 2.26 bits per heavy atom. The van der Waals surface area contributed by atoms with Gasteiger partial charge in [0.25, 0.3) is 11.8 Å². The molecule has 0 spiro atoms. The van der Waals surface area contributed by atoms with Crippen molar-refractivity contribution in [3.05, 3.63) is 69.2 Å². The zero-order valence-corrected chi connectivity index (χ0v) is 20.5. The van der Waals surface area contributed by atoms with Gasteiger partial charge in [-0.2, -0.15) is 0 Å². The number of urea groups is 1. The van der Waals surface area contributed by atoms with Gasteiger partial charge in [-0.25, -0.2) is 9.69 Å². The van der Waals surface area contributed by atoms with Gasteiger partial charge in [0.05, 0.1) is 11.4 Å². The van der Waals surface area contributed by atoms with Gasteiger partial charge in [0.2, 0.25) is 11.8 Å². The van der Waals surface area contributed by atoms with Gasteiger partial charge in [0.15, 0.2) is 5.11 Å². The average molecular weight is 562 g/mol. The topological polar surface area (TPSA) is 116 Å². The summed E-state index contributed by atoms with van der Waals surface area (Å²) in [6.45, 7) is 1.76. The van der Waals surface area contributed by atoms with E-state index in [1.807, 2.05) is 0 Å². The Bertz CT molecular complexity index is 1330. The van der Waals surface area contributed by atoms with Crippen LogP contribution in [0, 0.1) is 12.8 Å². The van der Waals surface area contributed by atoms with Crippen LogP contribution < -0.4 is 20.4 Å². The summed E-state index contributed by atoms with van der Waals surface area (Å²) in [6.07, 6.45) is 0.936. The number of anilines is 2. The van der Waals surface area contributed by atoms with E-state index in [-0.39, 0.29) is 10.8 Å². The third-order valence-electron chi connectivity index (χ3n) is 5.12. The van der Waals surface area contributed by atoms with Crippen molar-refractivity contribution in [1.29, 1.82) is 0 Å². The Labute approximate surface area is 211 Å². The number of benzene rings is 2. The number of nitrogens with zero attached hydrogens (tertiary/aromatic N) is 2. The van der Waals surface area contributed by atoms with E-state index in [0.29, 0.717) is 10.7 Å². The van der Waals surface area contributed by atoms with E-state index in [1.165, 1.54) is 18.2 Å². The van der Waals surface area contributed by atoms with Gasteiger partial charge in [-0.05, 0) is 73.2 Å². The van der Waals surface area contributed by atoms with E-state index in [0.717, 1.165) is 25.9 Å². The second-order valence-electron chi connectivity index (χ2n) is 7.34. The molecule has 2 aliphatic heterocycles. The second-order valence-corrected chi connectivity index (χ2v) is 9.01. The molecule has 2 N–H and O–H groups in total. The number of rotatable bonds is 3. The smallest absolute Gasteiger partial charge is 0.301 e. The second kappa shape index (κ2) is 9.09. The molecule has 0 aliphatic carbocycles. The Hall–Kier alpha value is -3.41. The van der Waals surface area contributed by atoms with Gasteiger partial charge < -0.3 is 5.32 Å². The fourth-order valence-electron chi connectivity index (χ4n) is 3.42. The van der Waals surface area contributed by atoms with Crippen LogP contribution in [0.15, 0.2) is 58.6 Å². The molecule has 2 fully saturated rings. The minimum atomic E-state index is -1.55. The molecule has 2 saturated heterocycles. The first-order valence-corrected chi connectivity index (χ1v) is 11.3. The molecule has 6 amide bonds. The predicted molar refractivity (Wildman–Crippen MR) is 131 cm³/mol. The van der Waals surface area contributed by atoms with Crippen molar-refractivity contribution in [2.75, 3.05) is 9.80 Å².